The number of carbonyl (C=O) groups excluding carboxylic acids is 1. The summed E-state index contributed by atoms with van der Waals surface area (Å²) in [6.07, 6.45) is 4.46. The van der Waals surface area contributed by atoms with E-state index in [0.29, 0.717) is 37.8 Å². The number of hydrogen-bond donors (Lipinski definition) is 2. The number of aromatic nitrogens is 2. The molecule has 1 aliphatic rings. The Kier molecular flexibility index (Phi) is 9.04. The van der Waals surface area contributed by atoms with Crippen LogP contribution in [0.25, 0.3) is 10.8 Å². The number of hydrogen-bond acceptors (Lipinski definition) is 7. The predicted octanol–water partition coefficient (Wildman–Crippen LogP) is 3.05. The average molecular weight is 538 g/mol. The Labute approximate surface area is 230 Å². The summed E-state index contributed by atoms with van der Waals surface area (Å²) in [5, 5.41) is 14.1. The summed E-state index contributed by atoms with van der Waals surface area (Å²) >= 11 is 0. The molecule has 0 saturated carbocycles. The standard InChI is InChI=1S/C30H40N4O5/c1-5-6-10-23-18-22-9-7-8-11-24(22)29(33-23)39-17-15-34(2,3)27-26(28(31)35)38-16-14-30(27,36)19-21-12-13-25(37-4)32-20-21/h7-9,11-13,18,20,26-27,36H,5-6,10,14-17,19H2,1-4H3,(H-,31,35)/p+1/t26?,27-,30+/m0/s1. The van der Waals surface area contributed by atoms with Gasteiger partial charge in [0, 0.05) is 36.2 Å². The summed E-state index contributed by atoms with van der Waals surface area (Å²) in [5.74, 6) is 0.511. The Morgan fingerprint density at radius 3 is 2.74 bits per heavy atom. The van der Waals surface area contributed by atoms with Gasteiger partial charge in [0.1, 0.15) is 18.8 Å². The fraction of sp³-hybridized carbons (Fsp3) is 0.500. The lowest BCUT2D eigenvalue weighted by Crippen LogP contribution is -2.71. The van der Waals surface area contributed by atoms with E-state index in [9.17, 15) is 9.90 Å². The number of pyridine rings is 2. The first kappa shape index (κ1) is 28.7. The molecule has 4 rings (SSSR count). The fourth-order valence-corrected chi connectivity index (χ4v) is 5.65. The van der Waals surface area contributed by atoms with Crippen molar-refractivity contribution in [3.63, 3.8) is 0 Å². The van der Waals surface area contributed by atoms with Crippen LogP contribution in [-0.4, -0.2) is 84.2 Å². The second-order valence-corrected chi connectivity index (χ2v) is 11.0. The third-order valence-corrected chi connectivity index (χ3v) is 7.67. The van der Waals surface area contributed by atoms with Crippen molar-refractivity contribution in [1.82, 2.24) is 9.97 Å². The zero-order chi connectivity index (χ0) is 28.0. The third kappa shape index (κ3) is 6.66. The molecule has 3 atom stereocenters. The highest BCUT2D eigenvalue weighted by atomic mass is 16.5. The number of likely N-dealkylation sites (N-methyl/N-ethyl adjacent to an activating group) is 1. The van der Waals surface area contributed by atoms with Crippen LogP contribution in [-0.2, 0) is 22.4 Å². The number of unbranched alkanes of at least 4 members (excludes halogenated alkanes) is 1. The Bertz CT molecular complexity index is 1270. The molecule has 1 unspecified atom stereocenters. The number of primary amides is 1. The summed E-state index contributed by atoms with van der Waals surface area (Å²) in [6, 6.07) is 13.2. The molecule has 1 aliphatic heterocycles. The Morgan fingerprint density at radius 2 is 2.05 bits per heavy atom. The average Bonchev–Trinajstić information content (AvgIpc) is 2.91. The van der Waals surface area contributed by atoms with Gasteiger partial charge in [-0.2, -0.15) is 0 Å². The van der Waals surface area contributed by atoms with Crippen LogP contribution in [0.5, 0.6) is 11.8 Å². The molecule has 39 heavy (non-hydrogen) atoms. The molecular weight excluding hydrogens is 496 g/mol. The van der Waals surface area contributed by atoms with Gasteiger partial charge >= 0.3 is 0 Å². The first-order valence-electron chi connectivity index (χ1n) is 13.6. The van der Waals surface area contributed by atoms with Crippen LogP contribution in [0, 0.1) is 0 Å². The molecule has 210 valence electrons. The fourth-order valence-electron chi connectivity index (χ4n) is 5.65. The molecule has 1 saturated heterocycles. The van der Waals surface area contributed by atoms with E-state index in [2.05, 4.69) is 24.0 Å². The monoisotopic (exact) mass is 537 g/mol. The number of aliphatic hydroxyl groups is 1. The molecule has 1 amide bonds. The van der Waals surface area contributed by atoms with E-state index < -0.39 is 23.7 Å². The van der Waals surface area contributed by atoms with Crippen LogP contribution >= 0.6 is 0 Å². The van der Waals surface area contributed by atoms with E-state index in [4.69, 9.17) is 24.9 Å². The van der Waals surface area contributed by atoms with Gasteiger partial charge < -0.3 is 29.5 Å². The van der Waals surface area contributed by atoms with Gasteiger partial charge in [0.05, 0.1) is 27.8 Å². The lowest BCUT2D eigenvalue weighted by atomic mass is 9.78. The van der Waals surface area contributed by atoms with Crippen LogP contribution < -0.4 is 15.2 Å². The van der Waals surface area contributed by atoms with Gasteiger partial charge in [-0.25, -0.2) is 9.97 Å². The van der Waals surface area contributed by atoms with Crippen molar-refractivity contribution in [2.24, 2.45) is 5.73 Å². The highest BCUT2D eigenvalue weighted by Crippen LogP contribution is 2.35. The molecule has 0 spiro atoms. The smallest absolute Gasteiger partial charge is 0.252 e. The van der Waals surface area contributed by atoms with Gasteiger partial charge in [0.2, 0.25) is 11.8 Å². The Morgan fingerprint density at radius 1 is 1.26 bits per heavy atom. The lowest BCUT2D eigenvalue weighted by molar-refractivity contribution is -0.926. The first-order valence-corrected chi connectivity index (χ1v) is 13.6. The van der Waals surface area contributed by atoms with Gasteiger partial charge in [-0.05, 0) is 35.9 Å². The second-order valence-electron chi connectivity index (χ2n) is 11.0. The van der Waals surface area contributed by atoms with Crippen LogP contribution in [0.15, 0.2) is 48.7 Å². The lowest BCUT2D eigenvalue weighted by Gasteiger charge is -2.51. The Balaban J connectivity index is 1.56. The van der Waals surface area contributed by atoms with Crippen molar-refractivity contribution >= 4 is 16.7 Å². The molecular formula is C30H41N4O5+. The van der Waals surface area contributed by atoms with Crippen molar-refractivity contribution in [3.8, 4) is 11.8 Å². The number of fused-ring (bicyclic) bond motifs is 1. The van der Waals surface area contributed by atoms with Crippen LogP contribution in [0.3, 0.4) is 0 Å². The van der Waals surface area contributed by atoms with Crippen molar-refractivity contribution < 1.29 is 28.6 Å². The predicted molar refractivity (Wildman–Crippen MR) is 150 cm³/mol. The zero-order valence-electron chi connectivity index (χ0n) is 23.4. The van der Waals surface area contributed by atoms with Gasteiger partial charge in [0.25, 0.3) is 5.91 Å². The molecule has 3 heterocycles. The molecule has 1 fully saturated rings. The number of amides is 1. The largest absolute Gasteiger partial charge is 0.481 e. The number of methoxy groups -OCH3 is 1. The van der Waals surface area contributed by atoms with Gasteiger partial charge in [0.15, 0.2) is 12.1 Å². The minimum atomic E-state index is -1.25. The topological polar surface area (TPSA) is 117 Å². The summed E-state index contributed by atoms with van der Waals surface area (Å²) in [6.45, 7) is 3.24. The minimum absolute atomic E-state index is 0.237. The highest BCUT2D eigenvalue weighted by molar-refractivity contribution is 5.87. The summed E-state index contributed by atoms with van der Waals surface area (Å²) in [7, 11) is 5.50. The second kappa shape index (κ2) is 12.3. The van der Waals surface area contributed by atoms with Gasteiger partial charge in [-0.1, -0.05) is 37.6 Å². The number of nitrogens with zero attached hydrogens (tertiary/aromatic N) is 3. The minimum Gasteiger partial charge on any atom is -0.481 e. The van der Waals surface area contributed by atoms with Crippen LogP contribution in [0.2, 0.25) is 0 Å². The molecule has 9 nitrogen and oxygen atoms in total. The van der Waals surface area contributed by atoms with Crippen molar-refractivity contribution in [2.75, 3.05) is 41.0 Å². The molecule has 0 aliphatic carbocycles. The SMILES string of the molecule is CCCCc1cc2ccccc2c(OCC[N+](C)(C)[C@H]2C(C(N)=O)OCC[C@@]2(O)Cc2ccc(OC)nc2)n1. The van der Waals surface area contributed by atoms with Crippen molar-refractivity contribution in [2.45, 2.75) is 56.8 Å². The number of ether oxygens (including phenoxy) is 3. The van der Waals surface area contributed by atoms with Crippen molar-refractivity contribution in [1.29, 1.82) is 0 Å². The maximum atomic E-state index is 12.5. The van der Waals surface area contributed by atoms with Gasteiger partial charge in [-0.15, -0.1) is 0 Å². The number of nitrogens with two attached hydrogens (primary N) is 1. The summed E-state index contributed by atoms with van der Waals surface area (Å²) < 4.78 is 17.6. The number of benzene rings is 1. The third-order valence-electron chi connectivity index (χ3n) is 7.67. The molecule has 9 heteroatoms. The maximum absolute atomic E-state index is 12.5. The molecule has 3 aromatic rings. The van der Waals surface area contributed by atoms with E-state index in [1.54, 1.807) is 19.4 Å². The quantitative estimate of drug-likeness (QED) is 0.341. The molecule has 2 aromatic heterocycles. The molecule has 0 radical (unpaired) electrons. The number of carbonyl (C=O) groups is 1. The summed E-state index contributed by atoms with van der Waals surface area (Å²) in [4.78, 5) is 21.6. The number of quaternary nitrogens is 1. The molecule has 1 aromatic carbocycles. The normalized spacial score (nSPS) is 21.6. The summed E-state index contributed by atoms with van der Waals surface area (Å²) in [5.41, 5.74) is 6.39. The van der Waals surface area contributed by atoms with Crippen LogP contribution in [0.1, 0.15) is 37.4 Å². The molecule has 3 N–H and O–H groups in total. The highest BCUT2D eigenvalue weighted by Gasteiger charge is 2.56. The maximum Gasteiger partial charge on any atom is 0.252 e. The number of aryl methyl sites for hydroxylation is 1. The van der Waals surface area contributed by atoms with Crippen molar-refractivity contribution in [3.05, 3.63) is 59.9 Å². The van der Waals surface area contributed by atoms with E-state index in [0.717, 1.165) is 41.3 Å². The van der Waals surface area contributed by atoms with E-state index in [-0.39, 0.29) is 11.1 Å². The van der Waals surface area contributed by atoms with E-state index >= 15 is 0 Å². The van der Waals surface area contributed by atoms with Gasteiger partial charge in [-0.3, -0.25) is 4.79 Å². The van der Waals surface area contributed by atoms with Crippen LogP contribution in [0.4, 0.5) is 0 Å². The first-order chi connectivity index (χ1) is 18.7. The molecule has 0 bridgehead atoms. The zero-order valence-corrected chi connectivity index (χ0v) is 23.4. The van der Waals surface area contributed by atoms with E-state index in [1.165, 1.54) is 0 Å². The van der Waals surface area contributed by atoms with E-state index in [1.807, 2.05) is 38.4 Å². The number of rotatable bonds is 12. The Hall–Kier alpha value is -3.27.